The topological polar surface area (TPSA) is 20.3 Å². The summed E-state index contributed by atoms with van der Waals surface area (Å²) in [6.45, 7) is 6.76. The standard InChI is InChI=1S/C12H21NO/c1-12(2,3)11(14)8-13-9-4-5-10(13)7-6-9/h9-10H,4-8H2,1-3H3. The van der Waals surface area contributed by atoms with Crippen molar-refractivity contribution in [2.45, 2.75) is 58.5 Å². The molecule has 2 fully saturated rings. The van der Waals surface area contributed by atoms with Gasteiger partial charge in [0.25, 0.3) is 0 Å². The van der Waals surface area contributed by atoms with E-state index in [1.54, 1.807) is 0 Å². The molecule has 0 aromatic carbocycles. The van der Waals surface area contributed by atoms with Crippen LogP contribution in [-0.2, 0) is 4.79 Å². The van der Waals surface area contributed by atoms with Crippen LogP contribution in [0.4, 0.5) is 0 Å². The van der Waals surface area contributed by atoms with Crippen molar-refractivity contribution >= 4 is 5.78 Å². The van der Waals surface area contributed by atoms with E-state index in [0.29, 0.717) is 12.3 Å². The fourth-order valence-electron chi connectivity index (χ4n) is 2.68. The third-order valence-electron chi connectivity index (χ3n) is 3.77. The lowest BCUT2D eigenvalue weighted by molar-refractivity contribution is -0.127. The Morgan fingerprint density at radius 2 is 1.57 bits per heavy atom. The molecular weight excluding hydrogens is 174 g/mol. The highest BCUT2D eigenvalue weighted by atomic mass is 16.1. The molecule has 0 aromatic rings. The average molecular weight is 195 g/mol. The third kappa shape index (κ3) is 1.72. The zero-order valence-corrected chi connectivity index (χ0v) is 9.55. The van der Waals surface area contributed by atoms with Crippen LogP contribution in [-0.4, -0.2) is 29.3 Å². The van der Waals surface area contributed by atoms with Crippen LogP contribution in [0.15, 0.2) is 0 Å². The quantitative estimate of drug-likeness (QED) is 0.673. The van der Waals surface area contributed by atoms with Gasteiger partial charge in [-0.15, -0.1) is 0 Å². The summed E-state index contributed by atoms with van der Waals surface area (Å²) in [5.74, 6) is 0.399. The number of fused-ring (bicyclic) bond motifs is 2. The van der Waals surface area contributed by atoms with E-state index in [1.807, 2.05) is 20.8 Å². The zero-order valence-electron chi connectivity index (χ0n) is 9.55. The van der Waals surface area contributed by atoms with Crippen molar-refractivity contribution < 1.29 is 4.79 Å². The molecule has 0 atom stereocenters. The first-order chi connectivity index (χ1) is 6.48. The summed E-state index contributed by atoms with van der Waals surface area (Å²) in [6.07, 6.45) is 5.29. The normalized spacial score (nSPS) is 32.5. The molecule has 0 saturated carbocycles. The maximum atomic E-state index is 11.9. The van der Waals surface area contributed by atoms with Crippen LogP contribution in [0.5, 0.6) is 0 Å². The first-order valence-corrected chi connectivity index (χ1v) is 5.77. The second-order valence-corrected chi connectivity index (χ2v) is 5.81. The fourth-order valence-corrected chi connectivity index (χ4v) is 2.68. The smallest absolute Gasteiger partial charge is 0.152 e. The van der Waals surface area contributed by atoms with Crippen molar-refractivity contribution in [2.75, 3.05) is 6.54 Å². The van der Waals surface area contributed by atoms with Gasteiger partial charge in [0.15, 0.2) is 5.78 Å². The molecule has 0 radical (unpaired) electrons. The first-order valence-electron chi connectivity index (χ1n) is 5.77. The number of carbonyl (C=O) groups excluding carboxylic acids is 1. The molecule has 2 rings (SSSR count). The van der Waals surface area contributed by atoms with Gasteiger partial charge in [0.05, 0.1) is 6.54 Å². The highest BCUT2D eigenvalue weighted by Crippen LogP contribution is 2.37. The Hall–Kier alpha value is -0.370. The molecule has 2 heteroatoms. The SMILES string of the molecule is CC(C)(C)C(=O)CN1C2CCC1CC2. The van der Waals surface area contributed by atoms with Crippen molar-refractivity contribution in [3.8, 4) is 0 Å². The lowest BCUT2D eigenvalue weighted by atomic mass is 9.90. The van der Waals surface area contributed by atoms with Gasteiger partial charge in [0, 0.05) is 17.5 Å². The van der Waals surface area contributed by atoms with Gasteiger partial charge in [-0.3, -0.25) is 9.69 Å². The van der Waals surface area contributed by atoms with E-state index in [9.17, 15) is 4.79 Å². The van der Waals surface area contributed by atoms with Crippen molar-refractivity contribution in [3.63, 3.8) is 0 Å². The molecule has 2 aliphatic rings. The molecule has 0 aliphatic carbocycles. The minimum Gasteiger partial charge on any atom is -0.298 e. The van der Waals surface area contributed by atoms with Crippen LogP contribution in [0.3, 0.4) is 0 Å². The number of carbonyl (C=O) groups is 1. The molecule has 0 spiro atoms. The van der Waals surface area contributed by atoms with Crippen LogP contribution in [0, 0.1) is 5.41 Å². The Morgan fingerprint density at radius 1 is 1.14 bits per heavy atom. The Balaban J connectivity index is 1.96. The van der Waals surface area contributed by atoms with Gasteiger partial charge in [0.2, 0.25) is 0 Å². The molecule has 80 valence electrons. The maximum absolute atomic E-state index is 11.9. The molecule has 0 amide bonds. The monoisotopic (exact) mass is 195 g/mol. The number of rotatable bonds is 2. The molecular formula is C12H21NO. The molecule has 2 saturated heterocycles. The molecule has 2 bridgehead atoms. The highest BCUT2D eigenvalue weighted by Gasteiger charge is 2.40. The molecule has 2 heterocycles. The number of nitrogens with zero attached hydrogens (tertiary/aromatic N) is 1. The van der Waals surface area contributed by atoms with Gasteiger partial charge in [0.1, 0.15) is 0 Å². The Morgan fingerprint density at radius 3 is 1.93 bits per heavy atom. The zero-order chi connectivity index (χ0) is 10.3. The number of hydrogen-bond acceptors (Lipinski definition) is 2. The molecule has 2 nitrogen and oxygen atoms in total. The van der Waals surface area contributed by atoms with E-state index in [-0.39, 0.29) is 5.41 Å². The summed E-state index contributed by atoms with van der Waals surface area (Å²) in [6, 6.07) is 1.46. The average Bonchev–Trinajstić information content (AvgIpc) is 2.63. The largest absolute Gasteiger partial charge is 0.298 e. The minimum absolute atomic E-state index is 0.165. The summed E-state index contributed by atoms with van der Waals surface area (Å²) in [5, 5.41) is 0. The summed E-state index contributed by atoms with van der Waals surface area (Å²) < 4.78 is 0. The van der Waals surface area contributed by atoms with E-state index in [0.717, 1.165) is 12.1 Å². The molecule has 0 N–H and O–H groups in total. The van der Waals surface area contributed by atoms with E-state index >= 15 is 0 Å². The second-order valence-electron chi connectivity index (χ2n) is 5.81. The van der Waals surface area contributed by atoms with Crippen molar-refractivity contribution in [2.24, 2.45) is 5.41 Å². The second kappa shape index (κ2) is 3.34. The van der Waals surface area contributed by atoms with Gasteiger partial charge >= 0.3 is 0 Å². The molecule has 2 aliphatic heterocycles. The Labute approximate surface area is 86.7 Å². The predicted octanol–water partition coefficient (Wildman–Crippen LogP) is 2.23. The Bertz CT molecular complexity index is 221. The highest BCUT2D eigenvalue weighted by molar-refractivity contribution is 5.85. The van der Waals surface area contributed by atoms with E-state index in [4.69, 9.17) is 0 Å². The molecule has 0 aromatic heterocycles. The summed E-state index contributed by atoms with van der Waals surface area (Å²) in [7, 11) is 0. The minimum atomic E-state index is -0.165. The summed E-state index contributed by atoms with van der Waals surface area (Å²) in [4.78, 5) is 14.3. The number of hydrogen-bond donors (Lipinski definition) is 0. The van der Waals surface area contributed by atoms with Crippen molar-refractivity contribution in [3.05, 3.63) is 0 Å². The van der Waals surface area contributed by atoms with Crippen LogP contribution in [0.2, 0.25) is 0 Å². The van der Waals surface area contributed by atoms with Gasteiger partial charge in [-0.2, -0.15) is 0 Å². The lowest BCUT2D eigenvalue weighted by Gasteiger charge is -2.25. The number of Topliss-reactive ketones (excluding diaryl/α,β-unsaturated/α-hetero) is 1. The summed E-state index contributed by atoms with van der Waals surface area (Å²) >= 11 is 0. The van der Waals surface area contributed by atoms with E-state index in [2.05, 4.69) is 4.90 Å². The van der Waals surface area contributed by atoms with Crippen LogP contribution >= 0.6 is 0 Å². The van der Waals surface area contributed by atoms with Crippen LogP contribution in [0.1, 0.15) is 46.5 Å². The van der Waals surface area contributed by atoms with E-state index < -0.39 is 0 Å². The summed E-state index contributed by atoms with van der Waals surface area (Å²) in [5.41, 5.74) is -0.165. The predicted molar refractivity (Wildman–Crippen MR) is 57.2 cm³/mol. The van der Waals surface area contributed by atoms with Gasteiger partial charge < -0.3 is 0 Å². The van der Waals surface area contributed by atoms with Gasteiger partial charge in [-0.25, -0.2) is 0 Å². The van der Waals surface area contributed by atoms with Crippen LogP contribution < -0.4 is 0 Å². The fraction of sp³-hybridized carbons (Fsp3) is 0.917. The van der Waals surface area contributed by atoms with Crippen molar-refractivity contribution in [1.29, 1.82) is 0 Å². The van der Waals surface area contributed by atoms with Gasteiger partial charge in [-0.1, -0.05) is 20.8 Å². The molecule has 14 heavy (non-hydrogen) atoms. The van der Waals surface area contributed by atoms with Crippen LogP contribution in [0.25, 0.3) is 0 Å². The van der Waals surface area contributed by atoms with E-state index in [1.165, 1.54) is 25.7 Å². The first kappa shape index (κ1) is 10.2. The maximum Gasteiger partial charge on any atom is 0.152 e. The Kier molecular flexibility index (Phi) is 2.42. The van der Waals surface area contributed by atoms with Crippen molar-refractivity contribution in [1.82, 2.24) is 4.90 Å². The number of ketones is 1. The van der Waals surface area contributed by atoms with Gasteiger partial charge in [-0.05, 0) is 25.7 Å². The lowest BCUT2D eigenvalue weighted by Crippen LogP contribution is -2.38. The molecule has 0 unspecified atom stereocenters. The third-order valence-corrected chi connectivity index (χ3v) is 3.77.